The third-order valence-corrected chi connectivity index (χ3v) is 7.38. The molecule has 0 fully saturated rings. The van der Waals surface area contributed by atoms with Crippen LogP contribution in [0.15, 0.2) is 101 Å². The molecule has 0 radical (unpaired) electrons. The van der Waals surface area contributed by atoms with Crippen molar-refractivity contribution in [2.45, 2.75) is 11.8 Å². The Balaban J connectivity index is 1.37. The van der Waals surface area contributed by atoms with Gasteiger partial charge in [-0.2, -0.15) is 0 Å². The second-order valence-corrected chi connectivity index (χ2v) is 10.6. The highest BCUT2D eigenvalue weighted by Crippen LogP contribution is 2.23. The molecule has 0 saturated carbocycles. The Kier molecular flexibility index (Phi) is 9.37. The average molecular weight is 562 g/mol. The lowest BCUT2D eigenvalue weighted by Crippen LogP contribution is -2.30. The zero-order valence-corrected chi connectivity index (χ0v) is 22.8. The molecule has 0 aliphatic heterocycles. The molecule has 192 valence electrons. The van der Waals surface area contributed by atoms with Gasteiger partial charge < -0.3 is 16.0 Å². The van der Waals surface area contributed by atoms with Crippen LogP contribution < -0.4 is 16.0 Å². The summed E-state index contributed by atoms with van der Waals surface area (Å²) >= 11 is 8.86. The minimum absolute atomic E-state index is 0.132. The van der Waals surface area contributed by atoms with Gasteiger partial charge in [0.2, 0.25) is 5.91 Å². The summed E-state index contributed by atoms with van der Waals surface area (Å²) in [5, 5.41) is 10.9. The van der Waals surface area contributed by atoms with Crippen LogP contribution in [0, 0.1) is 6.92 Å². The normalized spacial score (nSPS) is 11.1. The van der Waals surface area contributed by atoms with Crippen LogP contribution in [0.25, 0.3) is 6.08 Å². The summed E-state index contributed by atoms with van der Waals surface area (Å²) in [4.78, 5) is 39.9. The summed E-state index contributed by atoms with van der Waals surface area (Å²) in [6, 6.07) is 25.0. The van der Waals surface area contributed by atoms with E-state index in [1.54, 1.807) is 54.6 Å². The number of benzene rings is 3. The second-order valence-electron chi connectivity index (χ2n) is 8.17. The number of rotatable bonds is 9. The number of anilines is 2. The van der Waals surface area contributed by atoms with Crippen molar-refractivity contribution in [2.24, 2.45) is 0 Å². The van der Waals surface area contributed by atoms with Gasteiger partial charge in [0.25, 0.3) is 11.8 Å². The molecular formula is C29H24ClN3O3S2. The minimum Gasteiger partial charge on any atom is -0.325 e. The van der Waals surface area contributed by atoms with E-state index in [1.165, 1.54) is 23.1 Å². The number of halogens is 1. The van der Waals surface area contributed by atoms with E-state index in [2.05, 4.69) is 16.0 Å². The minimum atomic E-state index is -0.445. The fraction of sp³-hybridized carbons (Fsp3) is 0.0690. The van der Waals surface area contributed by atoms with E-state index < -0.39 is 5.91 Å². The Morgan fingerprint density at radius 1 is 0.921 bits per heavy atom. The molecule has 0 aliphatic rings. The Bertz CT molecular complexity index is 1450. The van der Waals surface area contributed by atoms with Gasteiger partial charge >= 0.3 is 0 Å². The predicted molar refractivity (Wildman–Crippen MR) is 157 cm³/mol. The highest BCUT2D eigenvalue weighted by Gasteiger charge is 2.15. The van der Waals surface area contributed by atoms with E-state index >= 15 is 0 Å². The molecule has 0 bridgehead atoms. The van der Waals surface area contributed by atoms with Crippen molar-refractivity contribution < 1.29 is 14.4 Å². The van der Waals surface area contributed by atoms with Crippen molar-refractivity contribution in [1.29, 1.82) is 0 Å². The van der Waals surface area contributed by atoms with Crippen LogP contribution in [0.2, 0.25) is 5.02 Å². The Morgan fingerprint density at radius 2 is 1.68 bits per heavy atom. The molecule has 0 spiro atoms. The molecule has 3 amide bonds. The van der Waals surface area contributed by atoms with Crippen molar-refractivity contribution in [3.8, 4) is 0 Å². The quantitative estimate of drug-likeness (QED) is 0.154. The summed E-state index contributed by atoms with van der Waals surface area (Å²) in [5.74, 6) is -0.743. The van der Waals surface area contributed by atoms with E-state index in [-0.39, 0.29) is 23.3 Å². The lowest BCUT2D eigenvalue weighted by molar-refractivity contribution is -0.114. The maximum atomic E-state index is 13.1. The van der Waals surface area contributed by atoms with Gasteiger partial charge in [0.05, 0.1) is 5.75 Å². The number of aryl methyl sites for hydroxylation is 1. The van der Waals surface area contributed by atoms with E-state index in [1.807, 2.05) is 48.7 Å². The number of nitrogens with one attached hydrogen (secondary N) is 3. The SMILES string of the molecule is Cc1ccc(Cl)cc1NC(=O)CSc1ccc(NC(=O)/C(=C/c2cccs2)NC(=O)c2ccccc2)cc1. The van der Waals surface area contributed by atoms with Gasteiger partial charge in [-0.15, -0.1) is 23.1 Å². The number of hydrogen-bond acceptors (Lipinski definition) is 5. The number of thioether (sulfide) groups is 1. The fourth-order valence-electron chi connectivity index (χ4n) is 3.36. The summed E-state index contributed by atoms with van der Waals surface area (Å²) in [6.45, 7) is 1.90. The third kappa shape index (κ3) is 7.82. The highest BCUT2D eigenvalue weighted by atomic mass is 35.5. The van der Waals surface area contributed by atoms with Crippen molar-refractivity contribution in [2.75, 3.05) is 16.4 Å². The summed E-state index contributed by atoms with van der Waals surface area (Å²) in [5.41, 5.74) is 2.76. The van der Waals surface area contributed by atoms with Crippen LogP contribution >= 0.6 is 34.7 Å². The van der Waals surface area contributed by atoms with Gasteiger partial charge in [-0.1, -0.05) is 41.9 Å². The lowest BCUT2D eigenvalue weighted by atomic mass is 10.2. The van der Waals surface area contributed by atoms with Gasteiger partial charge in [-0.3, -0.25) is 14.4 Å². The number of hydrogen-bond donors (Lipinski definition) is 3. The fourth-order valence-corrected chi connectivity index (χ4v) is 4.88. The average Bonchev–Trinajstić information content (AvgIpc) is 3.43. The monoisotopic (exact) mass is 561 g/mol. The highest BCUT2D eigenvalue weighted by molar-refractivity contribution is 8.00. The molecule has 0 atom stereocenters. The molecule has 3 aromatic carbocycles. The van der Waals surface area contributed by atoms with E-state index in [4.69, 9.17) is 11.6 Å². The molecule has 4 aromatic rings. The Morgan fingerprint density at radius 3 is 2.39 bits per heavy atom. The van der Waals surface area contributed by atoms with E-state index in [9.17, 15) is 14.4 Å². The van der Waals surface area contributed by atoms with Crippen molar-refractivity contribution in [3.05, 3.63) is 117 Å². The van der Waals surface area contributed by atoms with Crippen LogP contribution in [0.4, 0.5) is 11.4 Å². The standard InChI is InChI=1S/C29H24ClN3O3S2/c1-19-9-10-21(30)16-25(19)32-27(34)18-38-23-13-11-22(12-14-23)31-29(36)26(17-24-8-5-15-37-24)33-28(35)20-6-3-2-4-7-20/h2-17H,18H2,1H3,(H,31,36)(H,32,34)(H,33,35)/b26-17-. The van der Waals surface area contributed by atoms with Crippen LogP contribution in [-0.4, -0.2) is 23.5 Å². The maximum Gasteiger partial charge on any atom is 0.272 e. The molecule has 9 heteroatoms. The first-order valence-electron chi connectivity index (χ1n) is 11.6. The van der Waals surface area contributed by atoms with Gasteiger partial charge in [0, 0.05) is 31.7 Å². The molecule has 3 N–H and O–H groups in total. The largest absolute Gasteiger partial charge is 0.325 e. The lowest BCUT2D eigenvalue weighted by Gasteiger charge is -2.12. The van der Waals surface area contributed by atoms with Gasteiger partial charge in [-0.05, 0) is 78.5 Å². The maximum absolute atomic E-state index is 13.1. The zero-order chi connectivity index (χ0) is 26.9. The van der Waals surface area contributed by atoms with Crippen LogP contribution in [0.1, 0.15) is 20.8 Å². The Labute approximate surface area is 234 Å². The van der Waals surface area contributed by atoms with Gasteiger partial charge in [-0.25, -0.2) is 0 Å². The number of thiophene rings is 1. The van der Waals surface area contributed by atoms with E-state index in [0.29, 0.717) is 22.0 Å². The number of amides is 3. The van der Waals surface area contributed by atoms with Crippen molar-refractivity contribution >= 4 is 69.9 Å². The van der Waals surface area contributed by atoms with Crippen LogP contribution in [0.3, 0.4) is 0 Å². The van der Waals surface area contributed by atoms with E-state index in [0.717, 1.165) is 15.3 Å². The first-order valence-corrected chi connectivity index (χ1v) is 13.8. The second kappa shape index (κ2) is 13.1. The van der Waals surface area contributed by atoms with Crippen molar-refractivity contribution in [1.82, 2.24) is 5.32 Å². The molecule has 6 nitrogen and oxygen atoms in total. The predicted octanol–water partition coefficient (Wildman–Crippen LogP) is 6.85. The number of carbonyl (C=O) groups excluding carboxylic acids is 3. The molecule has 0 saturated heterocycles. The number of carbonyl (C=O) groups is 3. The molecule has 0 aliphatic carbocycles. The zero-order valence-electron chi connectivity index (χ0n) is 20.4. The molecule has 4 rings (SSSR count). The smallest absolute Gasteiger partial charge is 0.272 e. The summed E-state index contributed by atoms with van der Waals surface area (Å²) in [6.07, 6.45) is 1.64. The first-order chi connectivity index (χ1) is 18.4. The van der Waals surface area contributed by atoms with Crippen molar-refractivity contribution in [3.63, 3.8) is 0 Å². The summed E-state index contributed by atoms with van der Waals surface area (Å²) < 4.78 is 0. The van der Waals surface area contributed by atoms with Gasteiger partial charge in [0.15, 0.2) is 0 Å². The Hall–Kier alpha value is -3.85. The molecule has 1 aromatic heterocycles. The molecule has 38 heavy (non-hydrogen) atoms. The third-order valence-electron chi connectivity index (χ3n) is 5.31. The summed E-state index contributed by atoms with van der Waals surface area (Å²) in [7, 11) is 0. The molecule has 1 heterocycles. The topological polar surface area (TPSA) is 87.3 Å². The van der Waals surface area contributed by atoms with Gasteiger partial charge in [0.1, 0.15) is 5.70 Å². The molecular weight excluding hydrogens is 538 g/mol. The first kappa shape index (κ1) is 27.2. The van der Waals surface area contributed by atoms with Crippen LogP contribution in [0.5, 0.6) is 0 Å². The molecule has 0 unspecified atom stereocenters. The van der Waals surface area contributed by atoms with Crippen LogP contribution in [-0.2, 0) is 9.59 Å².